The van der Waals surface area contributed by atoms with Crippen molar-refractivity contribution in [2.24, 2.45) is 5.73 Å². The molecule has 6 nitrogen and oxygen atoms in total. The molecule has 0 bridgehead atoms. The minimum atomic E-state index is -1.64. The van der Waals surface area contributed by atoms with Gasteiger partial charge in [0.25, 0.3) is 0 Å². The number of benzene rings is 1. The molecule has 0 aliphatic heterocycles. The van der Waals surface area contributed by atoms with Crippen LogP contribution >= 0.6 is 0 Å². The summed E-state index contributed by atoms with van der Waals surface area (Å²) in [6.45, 7) is 1.14. The maximum absolute atomic E-state index is 11.9. The van der Waals surface area contributed by atoms with E-state index < -0.39 is 23.5 Å². The van der Waals surface area contributed by atoms with Crippen molar-refractivity contribution in [2.45, 2.75) is 18.6 Å². The number of carbonyl (C=O) groups is 2. The Morgan fingerprint density at radius 2 is 1.94 bits per heavy atom. The van der Waals surface area contributed by atoms with E-state index in [1.807, 2.05) is 0 Å². The minimum absolute atomic E-state index is 0.381. The van der Waals surface area contributed by atoms with Crippen molar-refractivity contribution in [1.82, 2.24) is 5.32 Å². The normalized spacial score (nSPS) is 15.5. The molecule has 0 heterocycles. The van der Waals surface area contributed by atoms with Gasteiger partial charge in [0.2, 0.25) is 5.91 Å². The fourth-order valence-corrected chi connectivity index (χ4v) is 1.38. The molecular weight excluding hydrogens is 236 g/mol. The van der Waals surface area contributed by atoms with Crippen LogP contribution in [0.2, 0.25) is 0 Å². The largest absolute Gasteiger partial charge is 0.479 e. The number of amides is 1. The third kappa shape index (κ3) is 3.28. The molecule has 1 rings (SSSR count). The van der Waals surface area contributed by atoms with Crippen LogP contribution < -0.4 is 11.1 Å². The number of carbonyl (C=O) groups excluding carboxylic acids is 1. The predicted octanol–water partition coefficient (Wildman–Crippen LogP) is -0.578. The van der Waals surface area contributed by atoms with E-state index in [-0.39, 0.29) is 6.54 Å². The second-order valence-electron chi connectivity index (χ2n) is 4.13. The van der Waals surface area contributed by atoms with E-state index in [0.717, 1.165) is 0 Å². The quantitative estimate of drug-likeness (QED) is 0.560. The number of nitrogens with two attached hydrogens (primary N) is 1. The summed E-state index contributed by atoms with van der Waals surface area (Å²) < 4.78 is 0. The molecule has 1 unspecified atom stereocenters. The lowest BCUT2D eigenvalue weighted by Gasteiger charge is -2.24. The molecule has 0 saturated carbocycles. The van der Waals surface area contributed by atoms with Crippen LogP contribution in [0.5, 0.6) is 0 Å². The van der Waals surface area contributed by atoms with Crippen molar-refractivity contribution >= 4 is 11.9 Å². The molecule has 18 heavy (non-hydrogen) atoms. The van der Waals surface area contributed by atoms with Crippen molar-refractivity contribution in [1.29, 1.82) is 0 Å². The van der Waals surface area contributed by atoms with Gasteiger partial charge in [0, 0.05) is 0 Å². The fraction of sp³-hybridized carbons (Fsp3) is 0.333. The summed E-state index contributed by atoms with van der Waals surface area (Å²) in [6.07, 6.45) is -1.64. The molecule has 1 aromatic rings. The summed E-state index contributed by atoms with van der Waals surface area (Å²) in [5, 5.41) is 19.8. The van der Waals surface area contributed by atoms with Crippen LogP contribution in [0, 0.1) is 0 Å². The number of aliphatic hydroxyl groups is 1. The van der Waals surface area contributed by atoms with Gasteiger partial charge in [0.1, 0.15) is 5.54 Å². The van der Waals surface area contributed by atoms with Gasteiger partial charge in [-0.25, -0.2) is 4.79 Å². The summed E-state index contributed by atoms with van der Waals surface area (Å²) >= 11 is 0. The Balaban J connectivity index is 2.69. The van der Waals surface area contributed by atoms with Gasteiger partial charge in [-0.05, 0) is 12.5 Å². The summed E-state index contributed by atoms with van der Waals surface area (Å²) in [5.74, 6) is -1.94. The first-order chi connectivity index (χ1) is 8.35. The van der Waals surface area contributed by atoms with Gasteiger partial charge in [0.15, 0.2) is 6.10 Å². The highest BCUT2D eigenvalue weighted by Gasteiger charge is 2.30. The summed E-state index contributed by atoms with van der Waals surface area (Å²) in [4.78, 5) is 22.3. The van der Waals surface area contributed by atoms with Gasteiger partial charge in [-0.15, -0.1) is 0 Å². The minimum Gasteiger partial charge on any atom is -0.479 e. The van der Waals surface area contributed by atoms with E-state index in [1.165, 1.54) is 6.92 Å². The predicted molar refractivity (Wildman–Crippen MR) is 64.6 cm³/mol. The van der Waals surface area contributed by atoms with E-state index in [9.17, 15) is 9.59 Å². The van der Waals surface area contributed by atoms with Crippen molar-refractivity contribution in [3.05, 3.63) is 35.9 Å². The van der Waals surface area contributed by atoms with Crippen molar-refractivity contribution in [3.63, 3.8) is 0 Å². The smallest absolute Gasteiger partial charge is 0.334 e. The zero-order chi connectivity index (χ0) is 13.8. The number of hydrogen-bond acceptors (Lipinski definition) is 4. The molecule has 0 spiro atoms. The van der Waals surface area contributed by atoms with Gasteiger partial charge in [-0.1, -0.05) is 30.3 Å². The first-order valence-electron chi connectivity index (χ1n) is 5.39. The van der Waals surface area contributed by atoms with E-state index in [1.54, 1.807) is 30.3 Å². The number of rotatable bonds is 5. The molecule has 1 amide bonds. The first kappa shape index (κ1) is 14.1. The second kappa shape index (κ2) is 5.61. The third-order valence-corrected chi connectivity index (χ3v) is 2.59. The molecule has 0 aliphatic carbocycles. The van der Waals surface area contributed by atoms with Crippen molar-refractivity contribution < 1.29 is 19.8 Å². The number of hydrogen-bond donors (Lipinski definition) is 4. The monoisotopic (exact) mass is 252 g/mol. The molecule has 5 N–H and O–H groups in total. The van der Waals surface area contributed by atoms with Crippen LogP contribution in [0.25, 0.3) is 0 Å². The Morgan fingerprint density at radius 1 is 1.39 bits per heavy atom. The standard InChI is InChI=1S/C12H16N2O4/c1-12(13,8-5-3-2-4-6-8)11(18)14-7-9(15)10(16)17/h2-6,9,15H,7,13H2,1H3,(H,14,18)(H,16,17)/t9-,12?/m0/s1. The van der Waals surface area contributed by atoms with Crippen molar-refractivity contribution in [3.8, 4) is 0 Å². The Labute approximate surface area is 104 Å². The highest BCUT2D eigenvalue weighted by atomic mass is 16.4. The molecule has 98 valence electrons. The molecule has 0 saturated heterocycles. The molecule has 0 aliphatic rings. The first-order valence-corrected chi connectivity index (χ1v) is 5.39. The number of nitrogens with one attached hydrogen (secondary N) is 1. The molecule has 0 aromatic heterocycles. The van der Waals surface area contributed by atoms with Gasteiger partial charge in [0.05, 0.1) is 6.54 Å². The van der Waals surface area contributed by atoms with Crippen molar-refractivity contribution in [2.75, 3.05) is 6.54 Å². The average Bonchev–Trinajstić information content (AvgIpc) is 2.36. The SMILES string of the molecule is CC(N)(C(=O)NC[C@H](O)C(=O)O)c1ccccc1. The average molecular weight is 252 g/mol. The molecule has 0 radical (unpaired) electrons. The number of aliphatic hydroxyl groups excluding tert-OH is 1. The molecule has 2 atom stereocenters. The number of carboxylic acid groups (broad SMARTS) is 1. The van der Waals surface area contributed by atoms with Crippen LogP contribution in [0.15, 0.2) is 30.3 Å². The highest BCUT2D eigenvalue weighted by molar-refractivity contribution is 5.87. The zero-order valence-electron chi connectivity index (χ0n) is 9.96. The van der Waals surface area contributed by atoms with Gasteiger partial charge in [-0.3, -0.25) is 4.79 Å². The summed E-state index contributed by atoms with van der Waals surface area (Å²) in [6, 6.07) is 8.70. The van der Waals surface area contributed by atoms with Crippen LogP contribution in [-0.2, 0) is 15.1 Å². The van der Waals surface area contributed by atoms with Crippen LogP contribution in [0.3, 0.4) is 0 Å². The van der Waals surface area contributed by atoms with E-state index in [2.05, 4.69) is 5.32 Å². The Kier molecular flexibility index (Phi) is 4.41. The third-order valence-electron chi connectivity index (χ3n) is 2.59. The Bertz CT molecular complexity index is 431. The lowest BCUT2D eigenvalue weighted by atomic mass is 9.92. The molecular formula is C12H16N2O4. The molecule has 1 aromatic carbocycles. The number of carboxylic acids is 1. The van der Waals surface area contributed by atoms with E-state index >= 15 is 0 Å². The molecule has 0 fully saturated rings. The lowest BCUT2D eigenvalue weighted by molar-refractivity contribution is -0.146. The summed E-state index contributed by atoms with van der Waals surface area (Å²) in [5.41, 5.74) is 5.23. The van der Waals surface area contributed by atoms with E-state index in [0.29, 0.717) is 5.56 Å². The van der Waals surface area contributed by atoms with Gasteiger partial charge in [-0.2, -0.15) is 0 Å². The van der Waals surface area contributed by atoms with Gasteiger partial charge >= 0.3 is 5.97 Å². The summed E-state index contributed by atoms with van der Waals surface area (Å²) in [7, 11) is 0. The van der Waals surface area contributed by atoms with E-state index in [4.69, 9.17) is 15.9 Å². The van der Waals surface area contributed by atoms with Crippen LogP contribution in [0.4, 0.5) is 0 Å². The topological polar surface area (TPSA) is 113 Å². The Hall–Kier alpha value is -1.92. The number of aliphatic carboxylic acids is 1. The van der Waals surface area contributed by atoms with Gasteiger partial charge < -0.3 is 21.3 Å². The van der Waals surface area contributed by atoms with Crippen LogP contribution in [0.1, 0.15) is 12.5 Å². The second-order valence-corrected chi connectivity index (χ2v) is 4.13. The maximum atomic E-state index is 11.9. The Morgan fingerprint density at radius 3 is 2.44 bits per heavy atom. The fourth-order valence-electron chi connectivity index (χ4n) is 1.38. The zero-order valence-corrected chi connectivity index (χ0v) is 9.96. The maximum Gasteiger partial charge on any atom is 0.334 e. The lowest BCUT2D eigenvalue weighted by Crippen LogP contribution is -2.51. The molecule has 6 heteroatoms. The highest BCUT2D eigenvalue weighted by Crippen LogP contribution is 2.17. The van der Waals surface area contributed by atoms with Crippen LogP contribution in [-0.4, -0.2) is 34.7 Å².